The molecule has 1 aromatic rings. The van der Waals surface area contributed by atoms with Gasteiger partial charge in [-0.1, -0.05) is 12.1 Å². The van der Waals surface area contributed by atoms with Gasteiger partial charge in [0.15, 0.2) is 6.29 Å². The molecule has 2 heterocycles. The number of hydrogen-bond donors (Lipinski definition) is 2. The van der Waals surface area contributed by atoms with Crippen LogP contribution in [0.15, 0.2) is 24.3 Å². The molecule has 0 bridgehead atoms. The van der Waals surface area contributed by atoms with E-state index in [-0.39, 0.29) is 11.6 Å². The van der Waals surface area contributed by atoms with Gasteiger partial charge in [-0.15, -0.1) is 0 Å². The molecule has 1 saturated carbocycles. The van der Waals surface area contributed by atoms with Crippen LogP contribution in [0, 0.1) is 0 Å². The van der Waals surface area contributed by atoms with Crippen molar-refractivity contribution in [1.29, 1.82) is 0 Å². The molecule has 118 valence electrons. The molecule has 1 aliphatic carbocycles. The summed E-state index contributed by atoms with van der Waals surface area (Å²) in [5, 5.41) is 13.4. The van der Waals surface area contributed by atoms with Gasteiger partial charge in [-0.05, 0) is 55.0 Å². The van der Waals surface area contributed by atoms with Crippen LogP contribution in [0.4, 0.5) is 5.69 Å². The number of aliphatic hydroxyl groups excluding tert-OH is 1. The van der Waals surface area contributed by atoms with Crippen LogP contribution >= 0.6 is 0 Å². The highest BCUT2D eigenvalue weighted by Gasteiger charge is 2.45. The minimum atomic E-state index is -0.752. The first kappa shape index (κ1) is 14.2. The summed E-state index contributed by atoms with van der Waals surface area (Å²) >= 11 is 0. The smallest absolute Gasteiger partial charge is 0.175 e. The standard InChI is InChI=1S/C18H23NO3/c1-2-21-17(20)16-10-14-9-12(3-4-15(14)19-16)13-5-8-22-18(11-13)6-7-18/h3-5,9,16-17,19-20H,2,6-8,10-11H2,1H3. The third kappa shape index (κ3) is 2.56. The van der Waals surface area contributed by atoms with Crippen molar-refractivity contribution < 1.29 is 14.6 Å². The molecule has 0 aromatic heterocycles. The molecular weight excluding hydrogens is 278 g/mol. The summed E-state index contributed by atoms with van der Waals surface area (Å²) in [5.74, 6) is 0. The number of nitrogens with one attached hydrogen (secondary N) is 1. The maximum atomic E-state index is 10.0. The highest BCUT2D eigenvalue weighted by molar-refractivity contribution is 5.72. The van der Waals surface area contributed by atoms with E-state index >= 15 is 0 Å². The molecule has 1 spiro atoms. The first-order valence-corrected chi connectivity index (χ1v) is 8.22. The Labute approximate surface area is 131 Å². The number of fused-ring (bicyclic) bond motifs is 1. The van der Waals surface area contributed by atoms with E-state index in [1.54, 1.807) is 0 Å². The zero-order valence-electron chi connectivity index (χ0n) is 13.0. The first-order chi connectivity index (χ1) is 10.7. The van der Waals surface area contributed by atoms with E-state index in [2.05, 4.69) is 29.6 Å². The molecule has 3 aliphatic rings. The summed E-state index contributed by atoms with van der Waals surface area (Å²) < 4.78 is 11.2. The number of anilines is 1. The lowest BCUT2D eigenvalue weighted by molar-refractivity contribution is -0.103. The molecule has 2 N–H and O–H groups in total. The second kappa shape index (κ2) is 5.37. The minimum absolute atomic E-state index is 0.0522. The van der Waals surface area contributed by atoms with Crippen LogP contribution in [0.25, 0.3) is 5.57 Å². The average Bonchev–Trinajstić information content (AvgIpc) is 3.13. The largest absolute Gasteiger partial charge is 0.377 e. The second-order valence-electron chi connectivity index (χ2n) is 6.57. The fraction of sp³-hybridized carbons (Fsp3) is 0.556. The van der Waals surface area contributed by atoms with Crippen LogP contribution in [0.5, 0.6) is 0 Å². The van der Waals surface area contributed by atoms with Gasteiger partial charge in [-0.3, -0.25) is 0 Å². The minimum Gasteiger partial charge on any atom is -0.377 e. The zero-order valence-corrected chi connectivity index (χ0v) is 13.0. The molecule has 0 saturated heterocycles. The predicted octanol–water partition coefficient (Wildman–Crippen LogP) is 2.71. The summed E-state index contributed by atoms with van der Waals surface area (Å²) in [6.07, 6.45) is 5.68. The number of aliphatic hydroxyl groups is 1. The van der Waals surface area contributed by atoms with Gasteiger partial charge in [0.25, 0.3) is 0 Å². The molecule has 22 heavy (non-hydrogen) atoms. The Kier molecular flexibility index (Phi) is 3.48. The fourth-order valence-corrected chi connectivity index (χ4v) is 3.52. The van der Waals surface area contributed by atoms with Crippen LogP contribution < -0.4 is 5.32 Å². The van der Waals surface area contributed by atoms with Gasteiger partial charge >= 0.3 is 0 Å². The molecule has 2 atom stereocenters. The van der Waals surface area contributed by atoms with Crippen molar-refractivity contribution in [2.75, 3.05) is 18.5 Å². The van der Waals surface area contributed by atoms with Gasteiger partial charge in [0.1, 0.15) is 0 Å². The fourth-order valence-electron chi connectivity index (χ4n) is 3.52. The average molecular weight is 301 g/mol. The van der Waals surface area contributed by atoms with Gasteiger partial charge in [0.2, 0.25) is 0 Å². The maximum absolute atomic E-state index is 10.0. The van der Waals surface area contributed by atoms with E-state index in [0.29, 0.717) is 6.61 Å². The van der Waals surface area contributed by atoms with E-state index < -0.39 is 6.29 Å². The molecule has 0 amide bonds. The highest BCUT2D eigenvalue weighted by atomic mass is 16.6. The second-order valence-corrected chi connectivity index (χ2v) is 6.57. The van der Waals surface area contributed by atoms with Gasteiger partial charge in [0.05, 0.1) is 18.2 Å². The molecule has 1 fully saturated rings. The van der Waals surface area contributed by atoms with Crippen molar-refractivity contribution in [2.24, 2.45) is 0 Å². The number of ether oxygens (including phenoxy) is 2. The third-order valence-electron chi connectivity index (χ3n) is 4.98. The highest BCUT2D eigenvalue weighted by Crippen LogP contribution is 2.48. The van der Waals surface area contributed by atoms with E-state index in [9.17, 15) is 5.11 Å². The van der Waals surface area contributed by atoms with Crippen LogP contribution in [0.2, 0.25) is 0 Å². The molecule has 2 aliphatic heterocycles. The molecule has 4 nitrogen and oxygen atoms in total. The molecule has 2 unspecified atom stereocenters. The van der Waals surface area contributed by atoms with Crippen molar-refractivity contribution >= 4 is 11.3 Å². The van der Waals surface area contributed by atoms with E-state index in [0.717, 1.165) is 25.1 Å². The molecule has 4 heteroatoms. The van der Waals surface area contributed by atoms with Crippen LogP contribution in [-0.4, -0.2) is 36.3 Å². The lowest BCUT2D eigenvalue weighted by Crippen LogP contribution is -2.33. The maximum Gasteiger partial charge on any atom is 0.175 e. The van der Waals surface area contributed by atoms with Crippen molar-refractivity contribution in [3.63, 3.8) is 0 Å². The lowest BCUT2D eigenvalue weighted by Gasteiger charge is -2.23. The van der Waals surface area contributed by atoms with Gasteiger partial charge in [-0.25, -0.2) is 0 Å². The number of rotatable bonds is 4. The van der Waals surface area contributed by atoms with E-state index in [1.165, 1.54) is 29.5 Å². The summed E-state index contributed by atoms with van der Waals surface area (Å²) in [6, 6.07) is 6.51. The molecule has 0 radical (unpaired) electrons. The Hall–Kier alpha value is -1.36. The number of hydrogen-bond acceptors (Lipinski definition) is 4. The SMILES string of the molecule is CCOC(O)C1Cc2cc(C3=CCOC4(CC4)C3)ccc2N1. The van der Waals surface area contributed by atoms with Gasteiger partial charge in [0, 0.05) is 18.7 Å². The Bertz CT molecular complexity index is 606. The third-order valence-corrected chi connectivity index (χ3v) is 4.98. The van der Waals surface area contributed by atoms with Crippen molar-refractivity contribution in [3.05, 3.63) is 35.4 Å². The van der Waals surface area contributed by atoms with Crippen molar-refractivity contribution in [2.45, 2.75) is 50.5 Å². The van der Waals surface area contributed by atoms with Crippen LogP contribution in [-0.2, 0) is 15.9 Å². The zero-order chi connectivity index (χ0) is 15.2. The summed E-state index contributed by atoms with van der Waals surface area (Å²) in [6.45, 7) is 3.15. The first-order valence-electron chi connectivity index (χ1n) is 8.22. The van der Waals surface area contributed by atoms with Gasteiger partial charge < -0.3 is 19.9 Å². The normalized spacial score (nSPS) is 26.3. The van der Waals surface area contributed by atoms with E-state index in [1.807, 2.05) is 6.92 Å². The quantitative estimate of drug-likeness (QED) is 0.840. The van der Waals surface area contributed by atoms with Gasteiger partial charge in [-0.2, -0.15) is 0 Å². The monoisotopic (exact) mass is 301 g/mol. The lowest BCUT2D eigenvalue weighted by atomic mass is 9.94. The predicted molar refractivity (Wildman–Crippen MR) is 85.7 cm³/mol. The topological polar surface area (TPSA) is 50.7 Å². The number of benzene rings is 1. The van der Waals surface area contributed by atoms with Crippen molar-refractivity contribution in [1.82, 2.24) is 0 Å². The molecule has 1 aromatic carbocycles. The van der Waals surface area contributed by atoms with Crippen LogP contribution in [0.1, 0.15) is 37.3 Å². The Morgan fingerprint density at radius 2 is 2.32 bits per heavy atom. The Balaban J connectivity index is 1.52. The Morgan fingerprint density at radius 3 is 3.09 bits per heavy atom. The van der Waals surface area contributed by atoms with E-state index in [4.69, 9.17) is 9.47 Å². The summed E-state index contributed by atoms with van der Waals surface area (Å²) in [5.41, 5.74) is 5.22. The summed E-state index contributed by atoms with van der Waals surface area (Å²) in [4.78, 5) is 0. The molecule has 4 rings (SSSR count). The van der Waals surface area contributed by atoms with Crippen LogP contribution in [0.3, 0.4) is 0 Å². The molecular formula is C18H23NO3. The van der Waals surface area contributed by atoms with Crippen molar-refractivity contribution in [3.8, 4) is 0 Å². The summed E-state index contributed by atoms with van der Waals surface area (Å²) in [7, 11) is 0. The Morgan fingerprint density at radius 1 is 1.45 bits per heavy atom.